The first kappa shape index (κ1) is 20.1. The fourth-order valence-corrected chi connectivity index (χ4v) is 2.47. The van der Waals surface area contributed by atoms with Gasteiger partial charge in [-0.15, -0.1) is 0 Å². The quantitative estimate of drug-likeness (QED) is 0.485. The molecule has 0 aromatic rings. The van der Waals surface area contributed by atoms with Crippen LogP contribution in [-0.2, 0) is 4.74 Å². The van der Waals surface area contributed by atoms with E-state index in [-0.39, 0.29) is 18.6 Å². The minimum atomic E-state index is -0.870. The first-order chi connectivity index (χ1) is 11.0. The van der Waals surface area contributed by atoms with Crippen molar-refractivity contribution in [1.29, 1.82) is 0 Å². The molecule has 0 spiro atoms. The number of allylic oxidation sites excluding steroid dienone is 4. The molecule has 0 amide bonds. The van der Waals surface area contributed by atoms with Gasteiger partial charge in [0.2, 0.25) is 0 Å². The average molecular weight is 326 g/mol. The summed E-state index contributed by atoms with van der Waals surface area (Å²) < 4.78 is 5.33. The summed E-state index contributed by atoms with van der Waals surface area (Å²) in [4.78, 5) is 0. The van der Waals surface area contributed by atoms with Gasteiger partial charge in [0.15, 0.2) is 6.29 Å². The van der Waals surface area contributed by atoms with Crippen LogP contribution in [0.5, 0.6) is 0 Å². The zero-order valence-electron chi connectivity index (χ0n) is 13.8. The zero-order valence-corrected chi connectivity index (χ0v) is 13.8. The van der Waals surface area contributed by atoms with E-state index in [9.17, 15) is 15.3 Å². The van der Waals surface area contributed by atoms with Crippen molar-refractivity contribution in [3.8, 4) is 0 Å². The summed E-state index contributed by atoms with van der Waals surface area (Å²) in [6, 6.07) is 0. The standard InChI is InChI=1S/C18H30O5/c1-14(19)8-7-10-15(20)9-5-3-2-4-6-11-17-12-16(21)13-18(22)23-17/h2-6,9,14-22H,7-8,10-13H2,1H3/t14?,15?,16-,17-,18-/m1/s1. The maximum Gasteiger partial charge on any atom is 0.157 e. The Kier molecular flexibility index (Phi) is 10.1. The molecule has 0 saturated carbocycles. The van der Waals surface area contributed by atoms with Gasteiger partial charge in [0.1, 0.15) is 0 Å². The van der Waals surface area contributed by atoms with Crippen LogP contribution >= 0.6 is 0 Å². The fraction of sp³-hybridized carbons (Fsp3) is 0.667. The van der Waals surface area contributed by atoms with E-state index >= 15 is 0 Å². The molecule has 0 aliphatic carbocycles. The summed E-state index contributed by atoms with van der Waals surface area (Å²) in [5, 5.41) is 37.8. The van der Waals surface area contributed by atoms with Crippen LogP contribution in [0.1, 0.15) is 45.4 Å². The number of hydrogen-bond donors (Lipinski definition) is 4. The summed E-state index contributed by atoms with van der Waals surface area (Å²) in [6.45, 7) is 1.75. The number of rotatable bonds is 9. The molecule has 1 rings (SSSR count). The normalized spacial score (nSPS) is 28.8. The molecule has 5 nitrogen and oxygen atoms in total. The molecular weight excluding hydrogens is 296 g/mol. The Balaban J connectivity index is 2.16. The summed E-state index contributed by atoms with van der Waals surface area (Å²) in [7, 11) is 0. The van der Waals surface area contributed by atoms with Crippen LogP contribution < -0.4 is 0 Å². The van der Waals surface area contributed by atoms with Gasteiger partial charge >= 0.3 is 0 Å². The minimum Gasteiger partial charge on any atom is -0.393 e. The third-order valence-electron chi connectivity index (χ3n) is 3.68. The van der Waals surface area contributed by atoms with Crippen LogP contribution in [0.2, 0.25) is 0 Å². The molecule has 2 unspecified atom stereocenters. The lowest BCUT2D eigenvalue weighted by Gasteiger charge is -2.29. The van der Waals surface area contributed by atoms with Gasteiger partial charge in [-0.1, -0.05) is 36.5 Å². The van der Waals surface area contributed by atoms with E-state index in [1.54, 1.807) is 19.1 Å². The second-order valence-corrected chi connectivity index (χ2v) is 6.12. The van der Waals surface area contributed by atoms with Crippen LogP contribution in [0.25, 0.3) is 0 Å². The van der Waals surface area contributed by atoms with Gasteiger partial charge in [0, 0.05) is 12.8 Å². The fourth-order valence-electron chi connectivity index (χ4n) is 2.47. The second-order valence-electron chi connectivity index (χ2n) is 6.12. The smallest absolute Gasteiger partial charge is 0.157 e. The monoisotopic (exact) mass is 326 g/mol. The summed E-state index contributed by atoms with van der Waals surface area (Å²) >= 11 is 0. The third kappa shape index (κ3) is 10.4. The van der Waals surface area contributed by atoms with Crippen LogP contribution in [0, 0.1) is 0 Å². The van der Waals surface area contributed by atoms with E-state index in [0.717, 1.165) is 6.42 Å². The molecule has 1 aliphatic rings. The molecule has 5 atom stereocenters. The van der Waals surface area contributed by atoms with Crippen molar-refractivity contribution >= 4 is 0 Å². The Hall–Kier alpha value is -0.980. The summed E-state index contributed by atoms with van der Waals surface area (Å²) in [5.74, 6) is 0. The number of aliphatic hydroxyl groups excluding tert-OH is 4. The van der Waals surface area contributed by atoms with E-state index in [4.69, 9.17) is 9.84 Å². The second kappa shape index (κ2) is 11.5. The molecule has 1 aliphatic heterocycles. The molecular formula is C18H30O5. The number of aliphatic hydroxyl groups is 4. The Bertz CT molecular complexity index is 379. The van der Waals surface area contributed by atoms with Gasteiger partial charge < -0.3 is 25.2 Å². The van der Waals surface area contributed by atoms with Crippen molar-refractivity contribution in [3.05, 3.63) is 36.5 Å². The highest BCUT2D eigenvalue weighted by atomic mass is 16.6. The maximum absolute atomic E-state index is 9.70. The highest BCUT2D eigenvalue weighted by Gasteiger charge is 2.25. The molecule has 132 valence electrons. The van der Waals surface area contributed by atoms with Crippen molar-refractivity contribution in [2.45, 2.75) is 76.2 Å². The third-order valence-corrected chi connectivity index (χ3v) is 3.68. The van der Waals surface area contributed by atoms with Gasteiger partial charge in [0.05, 0.1) is 24.4 Å². The summed E-state index contributed by atoms with van der Waals surface area (Å²) in [5.41, 5.74) is 0. The molecule has 0 aromatic heterocycles. The maximum atomic E-state index is 9.70. The van der Waals surface area contributed by atoms with Gasteiger partial charge in [-0.2, -0.15) is 0 Å². The Morgan fingerprint density at radius 2 is 1.78 bits per heavy atom. The van der Waals surface area contributed by atoms with E-state index in [2.05, 4.69) is 0 Å². The minimum absolute atomic E-state index is 0.148. The van der Waals surface area contributed by atoms with Crippen molar-refractivity contribution in [1.82, 2.24) is 0 Å². The lowest BCUT2D eigenvalue weighted by molar-refractivity contribution is -0.187. The van der Waals surface area contributed by atoms with Crippen LogP contribution in [-0.4, -0.2) is 51.1 Å². The molecule has 4 N–H and O–H groups in total. The molecule has 0 aromatic carbocycles. The molecule has 0 bridgehead atoms. The Labute approximate surface area is 138 Å². The zero-order chi connectivity index (χ0) is 17.1. The van der Waals surface area contributed by atoms with Crippen molar-refractivity contribution in [2.24, 2.45) is 0 Å². The van der Waals surface area contributed by atoms with Crippen molar-refractivity contribution in [2.75, 3.05) is 0 Å². The Morgan fingerprint density at radius 1 is 1.04 bits per heavy atom. The van der Waals surface area contributed by atoms with E-state index in [1.165, 1.54) is 0 Å². The van der Waals surface area contributed by atoms with Gasteiger partial charge in [-0.3, -0.25) is 0 Å². The van der Waals surface area contributed by atoms with Crippen molar-refractivity contribution < 1.29 is 25.2 Å². The SMILES string of the molecule is CC(O)CCCC(O)C=CC=CC=CC[C@@H]1C[C@@H](O)C[C@H](O)O1. The highest BCUT2D eigenvalue weighted by Crippen LogP contribution is 2.20. The average Bonchev–Trinajstić information content (AvgIpc) is 2.44. The first-order valence-electron chi connectivity index (χ1n) is 8.35. The molecule has 1 fully saturated rings. The number of ether oxygens (including phenoxy) is 1. The highest BCUT2D eigenvalue weighted by molar-refractivity contribution is 5.12. The van der Waals surface area contributed by atoms with Crippen LogP contribution in [0.3, 0.4) is 0 Å². The molecule has 23 heavy (non-hydrogen) atoms. The predicted molar refractivity (Wildman–Crippen MR) is 89.7 cm³/mol. The van der Waals surface area contributed by atoms with E-state index in [0.29, 0.717) is 25.7 Å². The molecule has 1 saturated heterocycles. The van der Waals surface area contributed by atoms with Gasteiger partial charge in [-0.25, -0.2) is 0 Å². The lowest BCUT2D eigenvalue weighted by atomic mass is 10.0. The van der Waals surface area contributed by atoms with Gasteiger partial charge in [0.25, 0.3) is 0 Å². The molecule has 1 heterocycles. The van der Waals surface area contributed by atoms with Crippen LogP contribution in [0.4, 0.5) is 0 Å². The Morgan fingerprint density at radius 3 is 2.48 bits per heavy atom. The summed E-state index contributed by atoms with van der Waals surface area (Å²) in [6.07, 6.45) is 12.3. The van der Waals surface area contributed by atoms with E-state index in [1.807, 2.05) is 24.3 Å². The topological polar surface area (TPSA) is 90.2 Å². The van der Waals surface area contributed by atoms with E-state index < -0.39 is 18.5 Å². The largest absolute Gasteiger partial charge is 0.393 e. The van der Waals surface area contributed by atoms with Crippen molar-refractivity contribution in [3.63, 3.8) is 0 Å². The predicted octanol–water partition coefficient (Wildman–Crippen LogP) is 1.82. The lowest BCUT2D eigenvalue weighted by Crippen LogP contribution is -2.35. The molecule has 5 heteroatoms. The number of hydrogen-bond acceptors (Lipinski definition) is 5. The van der Waals surface area contributed by atoms with Gasteiger partial charge in [-0.05, 0) is 32.6 Å². The molecule has 0 radical (unpaired) electrons. The first-order valence-corrected chi connectivity index (χ1v) is 8.35. The van der Waals surface area contributed by atoms with Crippen LogP contribution in [0.15, 0.2) is 36.5 Å².